The van der Waals surface area contributed by atoms with Gasteiger partial charge in [-0.2, -0.15) is 0 Å². The summed E-state index contributed by atoms with van der Waals surface area (Å²) in [4.78, 5) is 30.7. The van der Waals surface area contributed by atoms with Crippen LogP contribution in [-0.4, -0.2) is 40.5 Å². The van der Waals surface area contributed by atoms with Crippen LogP contribution in [0, 0.1) is 5.92 Å². The summed E-state index contributed by atoms with van der Waals surface area (Å²) in [6.07, 6.45) is 5.76. The summed E-state index contributed by atoms with van der Waals surface area (Å²) in [6, 6.07) is 8.76. The van der Waals surface area contributed by atoms with Crippen LogP contribution >= 0.6 is 11.6 Å². The van der Waals surface area contributed by atoms with Crippen molar-refractivity contribution in [2.45, 2.75) is 38.5 Å². The second kappa shape index (κ2) is 10.4. The van der Waals surface area contributed by atoms with Gasteiger partial charge in [-0.1, -0.05) is 42.0 Å². The highest BCUT2D eigenvalue weighted by atomic mass is 35.5. The van der Waals surface area contributed by atoms with Crippen molar-refractivity contribution >= 4 is 29.1 Å². The van der Waals surface area contributed by atoms with Crippen LogP contribution in [0.25, 0.3) is 5.70 Å². The SMILES string of the molecule is CN1C(c2ccc(Cl)cc2)=CC2C=C(NC(=O)c3cc(CNC(=O)C(C)(C)F)cnc3C(F)F)C=CC21. The number of carbonyl (C=O) groups is 2. The molecule has 0 spiro atoms. The number of carbonyl (C=O) groups excluding carboxylic acids is 2. The number of nitrogens with zero attached hydrogens (tertiary/aromatic N) is 2. The summed E-state index contributed by atoms with van der Waals surface area (Å²) in [6.45, 7) is 2.04. The number of allylic oxidation sites excluding steroid dienone is 1. The van der Waals surface area contributed by atoms with E-state index in [9.17, 15) is 22.8 Å². The Hall–Kier alpha value is -3.59. The van der Waals surface area contributed by atoms with E-state index in [4.69, 9.17) is 11.6 Å². The van der Waals surface area contributed by atoms with Crippen LogP contribution in [0.2, 0.25) is 5.02 Å². The maximum absolute atomic E-state index is 13.8. The number of hydrogen-bond donors (Lipinski definition) is 2. The van der Waals surface area contributed by atoms with Gasteiger partial charge in [-0.15, -0.1) is 0 Å². The molecular formula is C27H26ClF3N4O2. The number of likely N-dealkylation sites (N-methyl/N-ethyl adjacent to an activating group) is 1. The van der Waals surface area contributed by atoms with Gasteiger partial charge in [0.15, 0.2) is 5.67 Å². The fraction of sp³-hybridized carbons (Fsp3) is 0.296. The first-order valence-electron chi connectivity index (χ1n) is 11.6. The fourth-order valence-corrected chi connectivity index (χ4v) is 4.38. The highest BCUT2D eigenvalue weighted by molar-refractivity contribution is 6.30. The monoisotopic (exact) mass is 530 g/mol. The average molecular weight is 531 g/mol. The van der Waals surface area contributed by atoms with Crippen LogP contribution in [-0.2, 0) is 11.3 Å². The molecule has 1 aliphatic carbocycles. The number of benzene rings is 1. The van der Waals surface area contributed by atoms with E-state index in [1.807, 2.05) is 43.5 Å². The van der Waals surface area contributed by atoms with Gasteiger partial charge in [0.05, 0.1) is 11.6 Å². The minimum atomic E-state index is -2.98. The van der Waals surface area contributed by atoms with Crippen molar-refractivity contribution in [1.29, 1.82) is 0 Å². The molecule has 37 heavy (non-hydrogen) atoms. The zero-order chi connectivity index (χ0) is 26.9. The predicted octanol–water partition coefficient (Wildman–Crippen LogP) is 5.19. The smallest absolute Gasteiger partial charge is 0.281 e. The molecule has 0 saturated heterocycles. The molecule has 2 aliphatic rings. The lowest BCUT2D eigenvalue weighted by Gasteiger charge is -2.28. The molecule has 6 nitrogen and oxygen atoms in total. The molecule has 1 aromatic carbocycles. The summed E-state index contributed by atoms with van der Waals surface area (Å²) in [5, 5.41) is 5.70. The van der Waals surface area contributed by atoms with E-state index in [1.165, 1.54) is 6.07 Å². The Balaban J connectivity index is 1.52. The van der Waals surface area contributed by atoms with E-state index >= 15 is 0 Å². The molecule has 2 aromatic rings. The number of rotatable bonds is 7. The van der Waals surface area contributed by atoms with Crippen LogP contribution in [0.5, 0.6) is 0 Å². The van der Waals surface area contributed by atoms with Crippen LogP contribution in [0.1, 0.15) is 47.5 Å². The van der Waals surface area contributed by atoms with Crippen molar-refractivity contribution in [3.05, 3.63) is 93.9 Å². The molecule has 4 rings (SSSR count). The number of hydrogen-bond acceptors (Lipinski definition) is 4. The van der Waals surface area contributed by atoms with Crippen LogP contribution in [0.15, 0.2) is 66.5 Å². The Morgan fingerprint density at radius 1 is 1.19 bits per heavy atom. The van der Waals surface area contributed by atoms with E-state index in [0.717, 1.165) is 31.3 Å². The molecule has 0 saturated carbocycles. The highest BCUT2D eigenvalue weighted by Crippen LogP contribution is 2.36. The molecule has 2 unspecified atom stereocenters. The molecule has 2 N–H and O–H groups in total. The maximum Gasteiger partial charge on any atom is 0.281 e. The Morgan fingerprint density at radius 2 is 1.89 bits per heavy atom. The van der Waals surface area contributed by atoms with E-state index < -0.39 is 29.6 Å². The maximum atomic E-state index is 13.8. The van der Waals surface area contributed by atoms with Crippen molar-refractivity contribution in [2.75, 3.05) is 7.05 Å². The van der Waals surface area contributed by atoms with Gasteiger partial charge in [-0.25, -0.2) is 13.2 Å². The first-order chi connectivity index (χ1) is 17.4. The number of halogens is 4. The number of aromatic nitrogens is 1. The third-order valence-electron chi connectivity index (χ3n) is 6.23. The van der Waals surface area contributed by atoms with Crippen molar-refractivity contribution in [3.8, 4) is 0 Å². The lowest BCUT2D eigenvalue weighted by atomic mass is 9.95. The second-order valence-electron chi connectivity index (χ2n) is 9.41. The van der Waals surface area contributed by atoms with E-state index in [1.54, 1.807) is 6.08 Å². The Morgan fingerprint density at radius 3 is 2.54 bits per heavy atom. The zero-order valence-corrected chi connectivity index (χ0v) is 21.2. The molecule has 1 aliphatic heterocycles. The van der Waals surface area contributed by atoms with Gasteiger partial charge >= 0.3 is 0 Å². The molecular weight excluding hydrogens is 505 g/mol. The number of amides is 2. The van der Waals surface area contributed by atoms with Crippen molar-refractivity contribution < 1.29 is 22.8 Å². The summed E-state index contributed by atoms with van der Waals surface area (Å²) in [7, 11) is 1.97. The summed E-state index contributed by atoms with van der Waals surface area (Å²) in [5.41, 5.74) is -0.345. The average Bonchev–Trinajstić information content (AvgIpc) is 3.17. The lowest BCUT2D eigenvalue weighted by Crippen LogP contribution is -2.38. The van der Waals surface area contributed by atoms with Gasteiger partial charge in [0.2, 0.25) is 0 Å². The third-order valence-corrected chi connectivity index (χ3v) is 6.49. The molecule has 10 heteroatoms. The molecule has 194 valence electrons. The minimum Gasteiger partial charge on any atom is -0.367 e. The molecule has 2 atom stereocenters. The largest absolute Gasteiger partial charge is 0.367 e. The van der Waals surface area contributed by atoms with Crippen molar-refractivity contribution in [3.63, 3.8) is 0 Å². The Labute approximate surface area is 217 Å². The van der Waals surface area contributed by atoms with Crippen LogP contribution < -0.4 is 10.6 Å². The van der Waals surface area contributed by atoms with E-state index in [0.29, 0.717) is 10.7 Å². The van der Waals surface area contributed by atoms with E-state index in [-0.39, 0.29) is 29.6 Å². The third kappa shape index (κ3) is 5.88. The summed E-state index contributed by atoms with van der Waals surface area (Å²) >= 11 is 6.01. The number of alkyl halides is 3. The zero-order valence-electron chi connectivity index (χ0n) is 20.4. The quantitative estimate of drug-likeness (QED) is 0.516. The summed E-state index contributed by atoms with van der Waals surface area (Å²) in [5.74, 6) is -1.67. The van der Waals surface area contributed by atoms with Crippen molar-refractivity contribution in [1.82, 2.24) is 20.5 Å². The summed E-state index contributed by atoms with van der Waals surface area (Å²) < 4.78 is 41.0. The molecule has 2 amide bonds. The first kappa shape index (κ1) is 26.5. The van der Waals surface area contributed by atoms with Crippen molar-refractivity contribution in [2.24, 2.45) is 5.92 Å². The normalized spacial score (nSPS) is 18.9. The topological polar surface area (TPSA) is 74.3 Å². The molecule has 1 aromatic heterocycles. The van der Waals surface area contributed by atoms with Gasteiger partial charge < -0.3 is 15.5 Å². The van der Waals surface area contributed by atoms with Gasteiger partial charge in [-0.3, -0.25) is 14.6 Å². The number of fused-ring (bicyclic) bond motifs is 1. The van der Waals surface area contributed by atoms with Gasteiger partial charge in [0.25, 0.3) is 18.2 Å². The van der Waals surface area contributed by atoms with Gasteiger partial charge in [0.1, 0.15) is 5.69 Å². The Bertz CT molecular complexity index is 1300. The highest BCUT2D eigenvalue weighted by Gasteiger charge is 2.32. The van der Waals surface area contributed by atoms with E-state index in [2.05, 4.69) is 26.6 Å². The first-order valence-corrected chi connectivity index (χ1v) is 12.0. The molecule has 2 heterocycles. The number of pyridine rings is 1. The number of nitrogens with one attached hydrogen (secondary N) is 2. The molecule has 0 radical (unpaired) electrons. The van der Waals surface area contributed by atoms with Crippen LogP contribution in [0.3, 0.4) is 0 Å². The fourth-order valence-electron chi connectivity index (χ4n) is 4.25. The lowest BCUT2D eigenvalue weighted by molar-refractivity contribution is -0.130. The van der Waals surface area contributed by atoms with Gasteiger partial charge in [-0.05, 0) is 49.2 Å². The molecule has 0 fully saturated rings. The van der Waals surface area contributed by atoms with Crippen LogP contribution in [0.4, 0.5) is 13.2 Å². The minimum absolute atomic E-state index is 0.0383. The Kier molecular flexibility index (Phi) is 7.45. The second-order valence-corrected chi connectivity index (χ2v) is 9.84. The predicted molar refractivity (Wildman–Crippen MR) is 135 cm³/mol. The van der Waals surface area contributed by atoms with Gasteiger partial charge in [0, 0.05) is 42.1 Å². The standard InChI is InChI=1S/C27H26ClF3N4O2/c1-27(2,31)26(37)33-14-15-10-20(23(24(29)30)32-13-15)25(36)34-19-8-9-21-17(11-19)12-22(35(21)3)16-4-6-18(28)7-5-16/h4-13,17,21,24H,14H2,1-3H3,(H,33,37)(H,34,36). The molecule has 0 bridgehead atoms.